The van der Waals surface area contributed by atoms with Gasteiger partial charge in [-0.1, -0.05) is 26.0 Å². The van der Waals surface area contributed by atoms with E-state index in [1.807, 2.05) is 6.07 Å². The molecule has 0 spiro atoms. The Kier molecular flexibility index (Phi) is 3.82. The van der Waals surface area contributed by atoms with E-state index >= 15 is 0 Å². The molecule has 0 amide bonds. The molecule has 1 aliphatic rings. The molecule has 1 aliphatic carbocycles. The summed E-state index contributed by atoms with van der Waals surface area (Å²) in [4.78, 5) is 11.5. The first-order chi connectivity index (χ1) is 10.9. The summed E-state index contributed by atoms with van der Waals surface area (Å²) in [5.41, 5.74) is 2.67. The minimum atomic E-state index is -0.249. The number of aromatic nitrogens is 2. The molecule has 1 heterocycles. The lowest BCUT2D eigenvalue weighted by Crippen LogP contribution is -2.30. The second-order valence-electron chi connectivity index (χ2n) is 6.46. The Morgan fingerprint density at radius 2 is 2.09 bits per heavy atom. The number of H-pyrrole nitrogens is 1. The topological polar surface area (TPSA) is 90.7 Å². The van der Waals surface area contributed by atoms with Crippen molar-refractivity contribution in [2.24, 2.45) is 15.6 Å². The maximum absolute atomic E-state index is 11.5. The van der Waals surface area contributed by atoms with Crippen LogP contribution >= 0.6 is 0 Å². The van der Waals surface area contributed by atoms with Crippen LogP contribution in [0.5, 0.6) is 5.75 Å². The van der Waals surface area contributed by atoms with Gasteiger partial charge in [-0.05, 0) is 30.4 Å². The van der Waals surface area contributed by atoms with E-state index in [4.69, 9.17) is 0 Å². The molecule has 0 bridgehead atoms. The predicted molar refractivity (Wildman–Crippen MR) is 89.2 cm³/mol. The molecule has 3 rings (SSSR count). The first-order valence-electron chi connectivity index (χ1n) is 7.41. The van der Waals surface area contributed by atoms with Gasteiger partial charge in [-0.2, -0.15) is 15.3 Å². The molecule has 1 aromatic heterocycles. The lowest BCUT2D eigenvalue weighted by molar-refractivity contribution is 0.365. The van der Waals surface area contributed by atoms with E-state index < -0.39 is 0 Å². The van der Waals surface area contributed by atoms with Gasteiger partial charge < -0.3 is 5.11 Å². The van der Waals surface area contributed by atoms with Crippen LogP contribution in [0.2, 0.25) is 0 Å². The molecule has 0 unspecified atom stereocenters. The highest BCUT2D eigenvalue weighted by Gasteiger charge is 2.31. The highest BCUT2D eigenvalue weighted by molar-refractivity contribution is 6.03. The number of benzene rings is 1. The Morgan fingerprint density at radius 1 is 1.30 bits per heavy atom. The van der Waals surface area contributed by atoms with Gasteiger partial charge in [0.1, 0.15) is 5.75 Å². The predicted octanol–water partition coefficient (Wildman–Crippen LogP) is 2.27. The molecule has 1 aromatic carbocycles. The monoisotopic (exact) mass is 310 g/mol. The summed E-state index contributed by atoms with van der Waals surface area (Å²) in [5.74, 6) is 0.152. The number of hydrogen-bond acceptors (Lipinski definition) is 5. The molecule has 0 saturated carbocycles. The number of para-hydroxylation sites is 1. The van der Waals surface area contributed by atoms with Crippen molar-refractivity contribution in [1.29, 1.82) is 0 Å². The fourth-order valence-corrected chi connectivity index (χ4v) is 2.73. The SMILES string of the molecule is CC1(C)CC(=N/N=C/c2ccccc2O)c2cc(=O)[nH]nc2C1. The zero-order valence-corrected chi connectivity index (χ0v) is 13.1. The summed E-state index contributed by atoms with van der Waals surface area (Å²) < 4.78 is 0. The fraction of sp³-hybridized carbons (Fsp3) is 0.294. The van der Waals surface area contributed by atoms with Crippen LogP contribution < -0.4 is 5.56 Å². The average molecular weight is 310 g/mol. The Hall–Kier alpha value is -2.76. The minimum absolute atomic E-state index is 0.00147. The second kappa shape index (κ2) is 5.79. The third-order valence-electron chi connectivity index (χ3n) is 3.80. The number of hydrogen-bond donors (Lipinski definition) is 2. The van der Waals surface area contributed by atoms with E-state index in [2.05, 4.69) is 34.2 Å². The van der Waals surface area contributed by atoms with Crippen molar-refractivity contribution in [2.75, 3.05) is 0 Å². The molecule has 2 aromatic rings. The number of nitrogens with zero attached hydrogens (tertiary/aromatic N) is 3. The third-order valence-corrected chi connectivity index (χ3v) is 3.80. The first kappa shape index (κ1) is 15.1. The molecule has 23 heavy (non-hydrogen) atoms. The summed E-state index contributed by atoms with van der Waals surface area (Å²) in [7, 11) is 0. The average Bonchev–Trinajstić information content (AvgIpc) is 2.49. The largest absolute Gasteiger partial charge is 0.507 e. The number of aromatic amines is 1. The van der Waals surface area contributed by atoms with E-state index in [9.17, 15) is 9.90 Å². The van der Waals surface area contributed by atoms with Gasteiger partial charge >= 0.3 is 0 Å². The van der Waals surface area contributed by atoms with Gasteiger partial charge in [0.05, 0.1) is 17.6 Å². The molecule has 0 radical (unpaired) electrons. The van der Waals surface area contributed by atoms with Crippen LogP contribution in [0.25, 0.3) is 0 Å². The number of rotatable bonds is 2. The zero-order chi connectivity index (χ0) is 16.4. The van der Waals surface area contributed by atoms with E-state index in [-0.39, 0.29) is 16.7 Å². The maximum Gasteiger partial charge on any atom is 0.264 e. The summed E-state index contributed by atoms with van der Waals surface area (Å²) in [6.45, 7) is 4.26. The Bertz CT molecular complexity index is 850. The summed E-state index contributed by atoms with van der Waals surface area (Å²) >= 11 is 0. The number of phenols is 1. The molecule has 0 fully saturated rings. The van der Waals surface area contributed by atoms with Crippen LogP contribution in [0.3, 0.4) is 0 Å². The van der Waals surface area contributed by atoms with E-state index in [1.54, 1.807) is 18.2 Å². The van der Waals surface area contributed by atoms with Crippen LogP contribution in [-0.4, -0.2) is 27.2 Å². The first-order valence-corrected chi connectivity index (χ1v) is 7.41. The number of phenolic OH excluding ortho intramolecular Hbond substituents is 1. The van der Waals surface area contributed by atoms with E-state index in [0.29, 0.717) is 12.0 Å². The normalized spacial score (nSPS) is 18.3. The van der Waals surface area contributed by atoms with Crippen LogP contribution in [0.1, 0.15) is 37.1 Å². The fourth-order valence-electron chi connectivity index (χ4n) is 2.73. The van der Waals surface area contributed by atoms with Crippen molar-refractivity contribution in [3.63, 3.8) is 0 Å². The van der Waals surface area contributed by atoms with Gasteiger partial charge in [-0.25, -0.2) is 5.10 Å². The van der Waals surface area contributed by atoms with E-state index in [0.717, 1.165) is 23.4 Å². The smallest absolute Gasteiger partial charge is 0.264 e. The molecule has 6 heteroatoms. The Balaban J connectivity index is 1.97. The molecule has 0 atom stereocenters. The lowest BCUT2D eigenvalue weighted by Gasteiger charge is -2.30. The van der Waals surface area contributed by atoms with Crippen molar-refractivity contribution in [3.8, 4) is 5.75 Å². The quantitative estimate of drug-likeness (QED) is 0.658. The van der Waals surface area contributed by atoms with Gasteiger partial charge in [0.2, 0.25) is 0 Å². The standard InChI is InChI=1S/C17H18N4O2/c1-17(2)8-13(12-7-16(23)21-20-14(12)9-17)19-18-10-11-5-3-4-6-15(11)22/h3-7,10,22H,8-9H2,1-2H3,(H,21,23)/b18-10+,19-13?. The van der Waals surface area contributed by atoms with Crippen molar-refractivity contribution in [1.82, 2.24) is 10.2 Å². The van der Waals surface area contributed by atoms with Crippen LogP contribution in [0, 0.1) is 5.41 Å². The van der Waals surface area contributed by atoms with Crippen LogP contribution in [0.4, 0.5) is 0 Å². The van der Waals surface area contributed by atoms with Crippen LogP contribution in [0.15, 0.2) is 45.3 Å². The van der Waals surface area contributed by atoms with Crippen molar-refractivity contribution in [3.05, 3.63) is 57.5 Å². The number of fused-ring (bicyclic) bond motifs is 1. The maximum atomic E-state index is 11.5. The van der Waals surface area contributed by atoms with Gasteiger partial charge in [0.25, 0.3) is 5.56 Å². The van der Waals surface area contributed by atoms with Crippen molar-refractivity contribution >= 4 is 11.9 Å². The molecule has 2 N–H and O–H groups in total. The molecule has 0 saturated heterocycles. The van der Waals surface area contributed by atoms with Crippen molar-refractivity contribution in [2.45, 2.75) is 26.7 Å². The summed E-state index contributed by atoms with van der Waals surface area (Å²) in [5, 5.41) is 24.7. The zero-order valence-electron chi connectivity index (χ0n) is 13.1. The van der Waals surface area contributed by atoms with Gasteiger partial charge in [-0.15, -0.1) is 0 Å². The second-order valence-corrected chi connectivity index (χ2v) is 6.46. The molecule has 118 valence electrons. The highest BCUT2D eigenvalue weighted by atomic mass is 16.3. The van der Waals surface area contributed by atoms with E-state index in [1.165, 1.54) is 12.3 Å². The Labute approximate surface area is 133 Å². The van der Waals surface area contributed by atoms with Gasteiger partial charge in [0, 0.05) is 17.2 Å². The highest BCUT2D eigenvalue weighted by Crippen LogP contribution is 2.33. The van der Waals surface area contributed by atoms with Gasteiger partial charge in [0.15, 0.2) is 0 Å². The van der Waals surface area contributed by atoms with Gasteiger partial charge in [-0.3, -0.25) is 4.79 Å². The molecule has 0 aliphatic heterocycles. The summed E-state index contributed by atoms with van der Waals surface area (Å²) in [6, 6.07) is 8.43. The molecule has 6 nitrogen and oxygen atoms in total. The number of nitrogens with one attached hydrogen (secondary N) is 1. The number of aromatic hydroxyl groups is 1. The minimum Gasteiger partial charge on any atom is -0.507 e. The lowest BCUT2D eigenvalue weighted by atomic mass is 9.75. The molecular formula is C17H18N4O2. The summed E-state index contributed by atoms with van der Waals surface area (Å²) in [6.07, 6.45) is 2.99. The van der Waals surface area contributed by atoms with Crippen LogP contribution in [-0.2, 0) is 6.42 Å². The molecular weight excluding hydrogens is 292 g/mol. The third kappa shape index (κ3) is 3.36. The van der Waals surface area contributed by atoms with Crippen molar-refractivity contribution < 1.29 is 5.11 Å². The Morgan fingerprint density at radius 3 is 2.87 bits per heavy atom.